The average Bonchev–Trinajstić information content (AvgIpc) is 2.44. The summed E-state index contributed by atoms with van der Waals surface area (Å²) in [7, 11) is 0. The summed E-state index contributed by atoms with van der Waals surface area (Å²) in [5.74, 6) is -2.49. The van der Waals surface area contributed by atoms with Gasteiger partial charge < -0.3 is 14.6 Å². The first kappa shape index (κ1) is 17.4. The Labute approximate surface area is 128 Å². The van der Waals surface area contributed by atoms with E-state index in [1.807, 2.05) is 0 Å². The molecule has 0 saturated heterocycles. The fourth-order valence-electron chi connectivity index (χ4n) is 1.58. The van der Waals surface area contributed by atoms with E-state index in [0.717, 1.165) is 6.08 Å². The van der Waals surface area contributed by atoms with Gasteiger partial charge in [-0.15, -0.1) is 0 Å². The summed E-state index contributed by atoms with van der Waals surface area (Å²) < 4.78 is 9.80. The fraction of sp³-hybridized carbons (Fsp3) is 0.312. The predicted molar refractivity (Wildman–Crippen MR) is 79.2 cm³/mol. The van der Waals surface area contributed by atoms with Gasteiger partial charge in [0.25, 0.3) is 0 Å². The Kier molecular flexibility index (Phi) is 6.31. The molecule has 0 fully saturated rings. The summed E-state index contributed by atoms with van der Waals surface area (Å²) in [6.45, 7) is 4.78. The van der Waals surface area contributed by atoms with E-state index in [0.29, 0.717) is 5.56 Å². The topological polar surface area (TPSA) is 89.9 Å². The lowest BCUT2D eigenvalue weighted by Gasteiger charge is -2.13. The Bertz CT molecular complexity index is 588. The number of carbonyl (C=O) groups is 3. The minimum absolute atomic E-state index is 0.0683. The smallest absolute Gasteiger partial charge is 0.347 e. The highest BCUT2D eigenvalue weighted by molar-refractivity contribution is 5.95. The third kappa shape index (κ3) is 5.40. The average molecular weight is 306 g/mol. The van der Waals surface area contributed by atoms with E-state index in [1.54, 1.807) is 32.0 Å². The van der Waals surface area contributed by atoms with Crippen LogP contribution in [0.25, 0.3) is 6.08 Å². The minimum atomic E-state index is -1.09. The molecule has 1 aromatic rings. The van der Waals surface area contributed by atoms with Crippen LogP contribution in [0.2, 0.25) is 0 Å². The van der Waals surface area contributed by atoms with E-state index < -0.39 is 24.0 Å². The number of carbonyl (C=O) groups excluding carboxylic acids is 2. The Morgan fingerprint density at radius 1 is 1.09 bits per heavy atom. The summed E-state index contributed by atoms with van der Waals surface area (Å²) >= 11 is 0. The van der Waals surface area contributed by atoms with Crippen LogP contribution in [0.15, 0.2) is 30.3 Å². The lowest BCUT2D eigenvalue weighted by molar-refractivity contribution is -0.166. The van der Waals surface area contributed by atoms with Crippen molar-refractivity contribution in [2.75, 3.05) is 0 Å². The maximum atomic E-state index is 11.6. The summed E-state index contributed by atoms with van der Waals surface area (Å²) in [4.78, 5) is 34.2. The summed E-state index contributed by atoms with van der Waals surface area (Å²) in [6.07, 6.45) is 1.06. The highest BCUT2D eigenvalue weighted by Crippen LogP contribution is 2.11. The Morgan fingerprint density at radius 3 is 2.32 bits per heavy atom. The zero-order valence-electron chi connectivity index (χ0n) is 12.6. The van der Waals surface area contributed by atoms with Crippen LogP contribution >= 0.6 is 0 Å². The first-order chi connectivity index (χ1) is 10.3. The van der Waals surface area contributed by atoms with Gasteiger partial charge in [-0.3, -0.25) is 0 Å². The van der Waals surface area contributed by atoms with Crippen LogP contribution in [0.4, 0.5) is 0 Å². The molecule has 22 heavy (non-hydrogen) atoms. The zero-order valence-corrected chi connectivity index (χ0v) is 12.6. The molecule has 6 nitrogen and oxygen atoms in total. The van der Waals surface area contributed by atoms with Crippen molar-refractivity contribution < 1.29 is 29.0 Å². The lowest BCUT2D eigenvalue weighted by Crippen LogP contribution is -2.27. The molecular weight excluding hydrogens is 288 g/mol. The van der Waals surface area contributed by atoms with Gasteiger partial charge in [0.2, 0.25) is 0 Å². The number of carboxylic acid groups (broad SMARTS) is 1. The van der Waals surface area contributed by atoms with Crippen molar-refractivity contribution in [2.24, 2.45) is 0 Å². The summed E-state index contributed by atoms with van der Waals surface area (Å²) in [6, 6.07) is 6.23. The van der Waals surface area contributed by atoms with Crippen LogP contribution in [0, 0.1) is 0 Å². The second-order valence-corrected chi connectivity index (χ2v) is 4.79. The van der Waals surface area contributed by atoms with E-state index in [2.05, 4.69) is 0 Å². The van der Waals surface area contributed by atoms with E-state index in [4.69, 9.17) is 14.6 Å². The van der Waals surface area contributed by atoms with Crippen molar-refractivity contribution >= 4 is 24.0 Å². The van der Waals surface area contributed by atoms with Gasteiger partial charge in [-0.25, -0.2) is 14.4 Å². The van der Waals surface area contributed by atoms with Crippen LogP contribution in [0.3, 0.4) is 0 Å². The van der Waals surface area contributed by atoms with Crippen LogP contribution in [-0.4, -0.2) is 35.2 Å². The molecule has 0 aliphatic rings. The maximum Gasteiger partial charge on any atom is 0.347 e. The van der Waals surface area contributed by atoms with Crippen LogP contribution in [-0.2, 0) is 19.1 Å². The summed E-state index contributed by atoms with van der Waals surface area (Å²) in [5.41, 5.74) is 0.433. The van der Waals surface area contributed by atoms with Gasteiger partial charge >= 0.3 is 17.9 Å². The van der Waals surface area contributed by atoms with Gasteiger partial charge in [0, 0.05) is 6.08 Å². The first-order valence-corrected chi connectivity index (χ1v) is 6.72. The number of aromatic carboxylic acids is 1. The van der Waals surface area contributed by atoms with E-state index in [9.17, 15) is 14.4 Å². The monoisotopic (exact) mass is 306 g/mol. The normalized spacial score (nSPS) is 12.2. The third-order valence-electron chi connectivity index (χ3n) is 2.57. The number of hydrogen-bond acceptors (Lipinski definition) is 5. The molecular formula is C16H18O6. The number of benzene rings is 1. The van der Waals surface area contributed by atoms with Gasteiger partial charge in [-0.05, 0) is 38.5 Å². The number of ether oxygens (including phenoxy) is 2. The molecule has 0 amide bonds. The van der Waals surface area contributed by atoms with Gasteiger partial charge in [-0.2, -0.15) is 0 Å². The Hall–Kier alpha value is -2.63. The van der Waals surface area contributed by atoms with E-state index in [1.165, 1.54) is 19.1 Å². The van der Waals surface area contributed by atoms with Crippen molar-refractivity contribution in [2.45, 2.75) is 33.0 Å². The van der Waals surface area contributed by atoms with Gasteiger partial charge in [0.05, 0.1) is 11.7 Å². The molecule has 1 atom stereocenters. The standard InChI is InChI=1S/C16H18O6/c1-10(2)21-16(20)11(3)22-14(17)9-8-12-6-4-5-7-13(12)15(18)19/h4-11H,1-3H3,(H,18,19)/b9-8+. The molecule has 0 aliphatic heterocycles. The van der Waals surface area contributed by atoms with Crippen molar-refractivity contribution in [3.63, 3.8) is 0 Å². The molecule has 0 saturated carbocycles. The fourth-order valence-corrected chi connectivity index (χ4v) is 1.58. The van der Waals surface area contributed by atoms with Crippen molar-refractivity contribution in [3.05, 3.63) is 41.5 Å². The van der Waals surface area contributed by atoms with Gasteiger partial charge in [0.15, 0.2) is 6.10 Å². The predicted octanol–water partition coefficient (Wildman–Crippen LogP) is 2.28. The molecule has 0 aliphatic carbocycles. The molecule has 6 heteroatoms. The molecule has 0 spiro atoms. The second-order valence-electron chi connectivity index (χ2n) is 4.79. The molecule has 1 unspecified atom stereocenters. The number of esters is 2. The number of carboxylic acids is 1. The highest BCUT2D eigenvalue weighted by Gasteiger charge is 2.19. The second kappa shape index (κ2) is 7.97. The van der Waals surface area contributed by atoms with E-state index in [-0.39, 0.29) is 11.7 Å². The quantitative estimate of drug-likeness (QED) is 0.640. The van der Waals surface area contributed by atoms with Gasteiger partial charge in [0.1, 0.15) is 0 Å². The molecule has 0 heterocycles. The van der Waals surface area contributed by atoms with Crippen molar-refractivity contribution in [1.29, 1.82) is 0 Å². The number of hydrogen-bond donors (Lipinski definition) is 1. The highest BCUT2D eigenvalue weighted by atomic mass is 16.6. The minimum Gasteiger partial charge on any atom is -0.478 e. The molecule has 0 bridgehead atoms. The first-order valence-electron chi connectivity index (χ1n) is 6.72. The van der Waals surface area contributed by atoms with Crippen molar-refractivity contribution in [1.82, 2.24) is 0 Å². The molecule has 1 N–H and O–H groups in total. The molecule has 0 aromatic heterocycles. The van der Waals surface area contributed by atoms with Crippen molar-refractivity contribution in [3.8, 4) is 0 Å². The Balaban J connectivity index is 2.69. The third-order valence-corrected chi connectivity index (χ3v) is 2.57. The summed E-state index contributed by atoms with van der Waals surface area (Å²) in [5, 5.41) is 9.02. The largest absolute Gasteiger partial charge is 0.478 e. The molecule has 1 aromatic carbocycles. The lowest BCUT2D eigenvalue weighted by atomic mass is 10.1. The maximum absolute atomic E-state index is 11.6. The zero-order chi connectivity index (χ0) is 16.7. The molecule has 118 valence electrons. The number of rotatable bonds is 6. The van der Waals surface area contributed by atoms with Gasteiger partial charge in [-0.1, -0.05) is 18.2 Å². The molecule has 1 rings (SSSR count). The van der Waals surface area contributed by atoms with Crippen LogP contribution < -0.4 is 0 Å². The SMILES string of the molecule is CC(C)OC(=O)C(C)OC(=O)/C=C/c1ccccc1C(=O)O. The molecule has 0 radical (unpaired) electrons. The van der Waals surface area contributed by atoms with Crippen LogP contribution in [0.1, 0.15) is 36.7 Å². The Morgan fingerprint density at radius 2 is 1.73 bits per heavy atom. The van der Waals surface area contributed by atoms with Crippen LogP contribution in [0.5, 0.6) is 0 Å². The van der Waals surface area contributed by atoms with E-state index >= 15 is 0 Å².